The van der Waals surface area contributed by atoms with E-state index in [-0.39, 0.29) is 0 Å². The Balaban J connectivity index is 2.00. The van der Waals surface area contributed by atoms with Crippen LogP contribution in [0.2, 0.25) is 0 Å². The van der Waals surface area contributed by atoms with E-state index in [2.05, 4.69) is 16.9 Å². The smallest absolute Gasteiger partial charge is 0.131 e. The second-order valence-electron chi connectivity index (χ2n) is 5.31. The van der Waals surface area contributed by atoms with E-state index in [4.69, 9.17) is 0 Å². The summed E-state index contributed by atoms with van der Waals surface area (Å²) >= 11 is 0. The number of hydrogen-bond acceptors (Lipinski definition) is 2. The van der Waals surface area contributed by atoms with Gasteiger partial charge in [-0.3, -0.25) is 0 Å². The highest BCUT2D eigenvalue weighted by Crippen LogP contribution is 2.27. The normalized spacial score (nSPS) is 20.1. The lowest BCUT2D eigenvalue weighted by Gasteiger charge is -2.17. The number of aryl methyl sites for hydroxylation is 1. The van der Waals surface area contributed by atoms with Gasteiger partial charge in [0.25, 0.3) is 0 Å². The predicted molar refractivity (Wildman–Crippen MR) is 71.1 cm³/mol. The van der Waals surface area contributed by atoms with Crippen molar-refractivity contribution in [2.45, 2.75) is 70.6 Å². The molecular weight excluding hydrogens is 208 g/mol. The van der Waals surface area contributed by atoms with Gasteiger partial charge in [0, 0.05) is 17.8 Å². The van der Waals surface area contributed by atoms with Crippen LogP contribution in [0.15, 0.2) is 12.3 Å². The second-order valence-corrected chi connectivity index (χ2v) is 5.31. The summed E-state index contributed by atoms with van der Waals surface area (Å²) in [6.45, 7) is 2.06. The molecule has 1 aliphatic carbocycles. The zero-order chi connectivity index (χ0) is 11.9. The van der Waals surface area contributed by atoms with Crippen LogP contribution in [0.5, 0.6) is 0 Å². The Morgan fingerprint density at radius 1 is 0.941 bits per heavy atom. The van der Waals surface area contributed by atoms with E-state index in [9.17, 15) is 0 Å². The molecule has 1 aromatic heterocycles. The van der Waals surface area contributed by atoms with E-state index in [0.29, 0.717) is 5.92 Å². The highest BCUT2D eigenvalue weighted by Gasteiger charge is 2.15. The summed E-state index contributed by atoms with van der Waals surface area (Å²) in [6, 6.07) is 1.99. The fraction of sp³-hybridized carbons (Fsp3) is 0.733. The fourth-order valence-electron chi connectivity index (χ4n) is 2.73. The van der Waals surface area contributed by atoms with Gasteiger partial charge < -0.3 is 0 Å². The molecule has 0 radical (unpaired) electrons. The number of rotatable bonds is 1. The summed E-state index contributed by atoms with van der Waals surface area (Å²) in [5, 5.41) is 0. The molecule has 2 nitrogen and oxygen atoms in total. The highest BCUT2D eigenvalue weighted by molar-refractivity contribution is 5.04. The van der Waals surface area contributed by atoms with Gasteiger partial charge in [0.05, 0.1) is 0 Å². The van der Waals surface area contributed by atoms with Crippen LogP contribution in [-0.2, 0) is 0 Å². The van der Waals surface area contributed by atoms with Crippen LogP contribution in [0.3, 0.4) is 0 Å². The third kappa shape index (κ3) is 4.10. The third-order valence-corrected chi connectivity index (χ3v) is 3.78. The minimum atomic E-state index is 0.605. The zero-order valence-corrected chi connectivity index (χ0v) is 11.0. The molecule has 0 aromatic carbocycles. The quantitative estimate of drug-likeness (QED) is 0.717. The van der Waals surface area contributed by atoms with Gasteiger partial charge in [-0.2, -0.15) is 0 Å². The van der Waals surface area contributed by atoms with Crippen molar-refractivity contribution in [3.63, 3.8) is 0 Å². The first-order valence-corrected chi connectivity index (χ1v) is 7.16. The minimum Gasteiger partial charge on any atom is -0.241 e. The monoisotopic (exact) mass is 232 g/mol. The first-order valence-electron chi connectivity index (χ1n) is 7.16. The van der Waals surface area contributed by atoms with Gasteiger partial charge in [-0.25, -0.2) is 9.97 Å². The van der Waals surface area contributed by atoms with Gasteiger partial charge in [0.1, 0.15) is 5.82 Å². The van der Waals surface area contributed by atoms with Gasteiger partial charge >= 0.3 is 0 Å². The molecule has 1 aromatic rings. The van der Waals surface area contributed by atoms with Crippen molar-refractivity contribution >= 4 is 0 Å². The Morgan fingerprint density at radius 2 is 1.53 bits per heavy atom. The average Bonchev–Trinajstić information content (AvgIpc) is 2.36. The van der Waals surface area contributed by atoms with Gasteiger partial charge in [-0.1, -0.05) is 44.9 Å². The molecule has 1 aliphatic rings. The number of nitrogens with zero attached hydrogens (tertiary/aromatic N) is 2. The van der Waals surface area contributed by atoms with E-state index in [1.54, 1.807) is 0 Å². The van der Waals surface area contributed by atoms with Crippen molar-refractivity contribution in [3.05, 3.63) is 23.8 Å². The molecule has 1 saturated carbocycles. The van der Waals surface area contributed by atoms with E-state index < -0.39 is 0 Å². The molecule has 1 heterocycles. The van der Waals surface area contributed by atoms with Crippen molar-refractivity contribution < 1.29 is 0 Å². The summed E-state index contributed by atoms with van der Waals surface area (Å²) in [7, 11) is 0. The van der Waals surface area contributed by atoms with Gasteiger partial charge in [-0.05, 0) is 25.8 Å². The Kier molecular flexibility index (Phi) is 4.96. The Morgan fingerprint density at radius 3 is 2.12 bits per heavy atom. The Hall–Kier alpha value is -0.920. The van der Waals surface area contributed by atoms with Crippen LogP contribution in [-0.4, -0.2) is 9.97 Å². The molecule has 0 N–H and O–H groups in total. The molecule has 0 amide bonds. The Labute approximate surface area is 105 Å². The largest absolute Gasteiger partial charge is 0.241 e. The predicted octanol–water partition coefficient (Wildman–Crippen LogP) is 4.39. The van der Waals surface area contributed by atoms with Crippen molar-refractivity contribution in [3.8, 4) is 0 Å². The van der Waals surface area contributed by atoms with E-state index in [1.807, 2.05) is 12.3 Å². The summed E-state index contributed by atoms with van der Waals surface area (Å²) in [4.78, 5) is 9.09. The molecule has 2 rings (SSSR count). The van der Waals surface area contributed by atoms with Crippen LogP contribution in [0, 0.1) is 6.92 Å². The first kappa shape index (κ1) is 12.5. The molecule has 94 valence electrons. The summed E-state index contributed by atoms with van der Waals surface area (Å²) in [5.41, 5.74) is 1.10. The molecule has 0 bridgehead atoms. The summed E-state index contributed by atoms with van der Waals surface area (Å²) in [6.07, 6.45) is 14.2. The van der Waals surface area contributed by atoms with Gasteiger partial charge in [0.2, 0.25) is 0 Å². The van der Waals surface area contributed by atoms with Crippen molar-refractivity contribution in [1.29, 1.82) is 0 Å². The van der Waals surface area contributed by atoms with Crippen LogP contribution >= 0.6 is 0 Å². The first-order chi connectivity index (χ1) is 8.36. The lowest BCUT2D eigenvalue weighted by molar-refractivity contribution is 0.450. The van der Waals surface area contributed by atoms with Gasteiger partial charge in [-0.15, -0.1) is 0 Å². The highest BCUT2D eigenvalue weighted by atomic mass is 14.9. The minimum absolute atomic E-state index is 0.605. The van der Waals surface area contributed by atoms with E-state index >= 15 is 0 Å². The summed E-state index contributed by atoms with van der Waals surface area (Å²) in [5.74, 6) is 1.69. The number of aromatic nitrogens is 2. The number of hydrogen-bond donors (Lipinski definition) is 0. The lowest BCUT2D eigenvalue weighted by atomic mass is 9.91. The fourth-order valence-corrected chi connectivity index (χ4v) is 2.73. The van der Waals surface area contributed by atoms with Crippen LogP contribution in [0.4, 0.5) is 0 Å². The molecular formula is C15H24N2. The van der Waals surface area contributed by atoms with Crippen LogP contribution in [0.25, 0.3) is 0 Å². The van der Waals surface area contributed by atoms with Crippen molar-refractivity contribution in [1.82, 2.24) is 9.97 Å². The Bertz CT molecular complexity index is 325. The molecule has 1 fully saturated rings. The molecule has 0 spiro atoms. The molecule has 0 atom stereocenters. The summed E-state index contributed by atoms with van der Waals surface area (Å²) < 4.78 is 0. The molecule has 0 unspecified atom stereocenters. The maximum atomic E-state index is 4.61. The average molecular weight is 232 g/mol. The van der Waals surface area contributed by atoms with Gasteiger partial charge in [0.15, 0.2) is 0 Å². The second kappa shape index (κ2) is 6.73. The van der Waals surface area contributed by atoms with E-state index in [0.717, 1.165) is 11.5 Å². The van der Waals surface area contributed by atoms with Crippen molar-refractivity contribution in [2.24, 2.45) is 0 Å². The molecule has 17 heavy (non-hydrogen) atoms. The third-order valence-electron chi connectivity index (χ3n) is 3.78. The lowest BCUT2D eigenvalue weighted by Crippen LogP contribution is -2.06. The SMILES string of the molecule is Cc1ccnc(C2CCCCCCCCC2)n1. The van der Waals surface area contributed by atoms with E-state index in [1.165, 1.54) is 57.8 Å². The molecule has 2 heteroatoms. The maximum Gasteiger partial charge on any atom is 0.131 e. The standard InChI is InChI=1S/C15H24N2/c1-13-11-12-16-15(17-13)14-9-7-5-3-2-4-6-8-10-14/h11-12,14H,2-10H2,1H3. The van der Waals surface area contributed by atoms with Crippen molar-refractivity contribution in [2.75, 3.05) is 0 Å². The van der Waals surface area contributed by atoms with Crippen LogP contribution in [0.1, 0.15) is 75.2 Å². The zero-order valence-electron chi connectivity index (χ0n) is 11.0. The van der Waals surface area contributed by atoms with Crippen LogP contribution < -0.4 is 0 Å². The molecule has 0 saturated heterocycles. The maximum absolute atomic E-state index is 4.61. The topological polar surface area (TPSA) is 25.8 Å². The molecule has 0 aliphatic heterocycles.